The summed E-state index contributed by atoms with van der Waals surface area (Å²) in [5.74, 6) is 1.33. The van der Waals surface area contributed by atoms with Crippen LogP contribution < -0.4 is 15.8 Å². The maximum absolute atomic E-state index is 6.15. The number of anilines is 1. The lowest BCUT2D eigenvalue weighted by molar-refractivity contribution is 0.251. The molecule has 1 unspecified atom stereocenters. The molecule has 2 aromatic rings. The second kappa shape index (κ2) is 9.42. The summed E-state index contributed by atoms with van der Waals surface area (Å²) in [5.41, 5.74) is 9.68. The molecular formula is C22H30N4O. The van der Waals surface area contributed by atoms with Gasteiger partial charge in [-0.3, -0.25) is 9.89 Å². The number of aliphatic imine (C=N–C) groups is 1. The van der Waals surface area contributed by atoms with E-state index in [4.69, 9.17) is 10.5 Å². The molecule has 0 spiro atoms. The lowest BCUT2D eigenvalue weighted by Gasteiger charge is -2.27. The molecule has 1 aliphatic heterocycles. The molecule has 5 heteroatoms. The Kier molecular flexibility index (Phi) is 6.71. The minimum absolute atomic E-state index is 0.237. The molecule has 0 aromatic heterocycles. The van der Waals surface area contributed by atoms with Crippen LogP contribution in [0.25, 0.3) is 0 Å². The van der Waals surface area contributed by atoms with Crippen LogP contribution in [0.3, 0.4) is 0 Å². The molecule has 1 atom stereocenters. The van der Waals surface area contributed by atoms with Gasteiger partial charge in [0.2, 0.25) is 0 Å². The molecule has 144 valence electrons. The number of hydrogen-bond acceptors (Lipinski definition) is 3. The quantitative estimate of drug-likeness (QED) is 0.578. The van der Waals surface area contributed by atoms with E-state index in [-0.39, 0.29) is 6.04 Å². The van der Waals surface area contributed by atoms with E-state index in [0.717, 1.165) is 30.9 Å². The van der Waals surface area contributed by atoms with Gasteiger partial charge in [-0.2, -0.15) is 0 Å². The summed E-state index contributed by atoms with van der Waals surface area (Å²) in [5, 5.41) is 3.20. The van der Waals surface area contributed by atoms with Crippen LogP contribution in [-0.4, -0.2) is 37.6 Å². The fraction of sp³-hybridized carbons (Fsp3) is 0.409. The van der Waals surface area contributed by atoms with Gasteiger partial charge in [0.05, 0.1) is 19.7 Å². The van der Waals surface area contributed by atoms with Crippen molar-refractivity contribution in [2.45, 2.75) is 32.2 Å². The zero-order valence-electron chi connectivity index (χ0n) is 16.3. The molecule has 3 rings (SSSR count). The van der Waals surface area contributed by atoms with Crippen molar-refractivity contribution in [3.63, 3.8) is 0 Å². The van der Waals surface area contributed by atoms with Crippen LogP contribution in [0.1, 0.15) is 36.9 Å². The van der Waals surface area contributed by atoms with Crippen molar-refractivity contribution in [3.8, 4) is 5.75 Å². The lowest BCUT2D eigenvalue weighted by Crippen LogP contribution is -2.30. The summed E-state index contributed by atoms with van der Waals surface area (Å²) in [6.45, 7) is 5.00. The predicted octanol–water partition coefficient (Wildman–Crippen LogP) is 3.82. The van der Waals surface area contributed by atoms with Gasteiger partial charge >= 0.3 is 0 Å². The molecule has 3 N–H and O–H groups in total. The van der Waals surface area contributed by atoms with Gasteiger partial charge in [-0.1, -0.05) is 31.2 Å². The Balaban J connectivity index is 1.69. The molecule has 1 fully saturated rings. The molecule has 0 aliphatic carbocycles. The molecule has 0 radical (unpaired) electrons. The Labute approximate surface area is 162 Å². The normalized spacial score (nSPS) is 16.3. The van der Waals surface area contributed by atoms with Crippen LogP contribution in [0, 0.1) is 0 Å². The van der Waals surface area contributed by atoms with Crippen LogP contribution in [0.4, 0.5) is 5.69 Å². The van der Waals surface area contributed by atoms with Crippen molar-refractivity contribution in [2.75, 3.05) is 32.1 Å². The number of hydrogen-bond donors (Lipinski definition) is 2. The van der Waals surface area contributed by atoms with Crippen molar-refractivity contribution < 1.29 is 4.74 Å². The Morgan fingerprint density at radius 2 is 1.78 bits per heavy atom. The van der Waals surface area contributed by atoms with E-state index in [1.807, 2.05) is 24.3 Å². The van der Waals surface area contributed by atoms with Crippen LogP contribution in [-0.2, 0) is 6.42 Å². The molecule has 1 aliphatic rings. The summed E-state index contributed by atoms with van der Waals surface area (Å²) >= 11 is 0. The maximum atomic E-state index is 6.15. The highest BCUT2D eigenvalue weighted by atomic mass is 16.5. The number of nitrogens with one attached hydrogen (secondary N) is 1. The number of benzene rings is 2. The largest absolute Gasteiger partial charge is 0.497 e. The first-order valence-corrected chi connectivity index (χ1v) is 9.73. The maximum Gasteiger partial charge on any atom is 0.193 e. The summed E-state index contributed by atoms with van der Waals surface area (Å²) in [4.78, 5) is 7.13. The first-order valence-electron chi connectivity index (χ1n) is 9.73. The van der Waals surface area contributed by atoms with Gasteiger partial charge in [-0.25, -0.2) is 0 Å². The number of ether oxygens (including phenoxy) is 1. The van der Waals surface area contributed by atoms with Crippen LogP contribution in [0.2, 0.25) is 0 Å². The lowest BCUT2D eigenvalue weighted by atomic mass is 10.1. The van der Waals surface area contributed by atoms with Crippen molar-refractivity contribution >= 4 is 11.6 Å². The number of nitrogens with two attached hydrogens (primary N) is 1. The summed E-state index contributed by atoms with van der Waals surface area (Å²) in [6.07, 6.45) is 3.52. The van der Waals surface area contributed by atoms with E-state index >= 15 is 0 Å². The number of methoxy groups -OCH3 is 1. The zero-order valence-corrected chi connectivity index (χ0v) is 16.3. The number of nitrogens with zero attached hydrogens (tertiary/aromatic N) is 2. The molecule has 0 bridgehead atoms. The Morgan fingerprint density at radius 3 is 2.37 bits per heavy atom. The number of likely N-dealkylation sites (tertiary alicyclic amines) is 1. The average Bonchev–Trinajstić information content (AvgIpc) is 3.24. The van der Waals surface area contributed by atoms with Gasteiger partial charge in [0.25, 0.3) is 0 Å². The van der Waals surface area contributed by atoms with Gasteiger partial charge in [-0.15, -0.1) is 0 Å². The number of guanidine groups is 1. The Hall–Kier alpha value is -2.53. The summed E-state index contributed by atoms with van der Waals surface area (Å²) < 4.78 is 5.28. The monoisotopic (exact) mass is 366 g/mol. The van der Waals surface area contributed by atoms with Gasteiger partial charge in [-0.05, 0) is 67.7 Å². The standard InChI is InChI=1S/C22H30N4O/c1-3-17-6-10-19(11-7-17)25-22(23)24-16-21(26-14-4-5-15-26)18-8-12-20(27-2)13-9-18/h6-13,21H,3-5,14-16H2,1-2H3,(H3,23,24,25). The van der Waals surface area contributed by atoms with Gasteiger partial charge in [0.15, 0.2) is 5.96 Å². The first-order chi connectivity index (χ1) is 13.2. The van der Waals surface area contributed by atoms with E-state index in [1.54, 1.807) is 7.11 Å². The fourth-order valence-corrected chi connectivity index (χ4v) is 3.51. The fourth-order valence-electron chi connectivity index (χ4n) is 3.51. The number of rotatable bonds is 7. The molecule has 1 saturated heterocycles. The van der Waals surface area contributed by atoms with Crippen molar-refractivity contribution in [1.29, 1.82) is 0 Å². The Bertz CT molecular complexity index is 734. The molecule has 0 amide bonds. The van der Waals surface area contributed by atoms with Crippen LogP contribution >= 0.6 is 0 Å². The van der Waals surface area contributed by atoms with E-state index in [1.165, 1.54) is 24.0 Å². The van der Waals surface area contributed by atoms with Crippen molar-refractivity contribution in [3.05, 3.63) is 59.7 Å². The van der Waals surface area contributed by atoms with Gasteiger partial charge in [0.1, 0.15) is 5.75 Å². The minimum Gasteiger partial charge on any atom is -0.497 e. The molecule has 1 heterocycles. The van der Waals surface area contributed by atoms with Crippen LogP contribution in [0.15, 0.2) is 53.5 Å². The molecule has 2 aromatic carbocycles. The van der Waals surface area contributed by atoms with E-state index in [9.17, 15) is 0 Å². The molecule has 0 saturated carbocycles. The van der Waals surface area contributed by atoms with E-state index < -0.39 is 0 Å². The topological polar surface area (TPSA) is 62.9 Å². The third-order valence-electron chi connectivity index (χ3n) is 5.15. The van der Waals surface area contributed by atoms with Crippen LogP contribution in [0.5, 0.6) is 5.75 Å². The highest BCUT2D eigenvalue weighted by Gasteiger charge is 2.23. The smallest absolute Gasteiger partial charge is 0.193 e. The second-order valence-corrected chi connectivity index (χ2v) is 6.93. The third kappa shape index (κ3) is 5.23. The second-order valence-electron chi connectivity index (χ2n) is 6.93. The van der Waals surface area contributed by atoms with Crippen molar-refractivity contribution in [1.82, 2.24) is 4.90 Å². The molecule has 27 heavy (non-hydrogen) atoms. The molecular weight excluding hydrogens is 336 g/mol. The minimum atomic E-state index is 0.237. The average molecular weight is 367 g/mol. The predicted molar refractivity (Wildman–Crippen MR) is 112 cm³/mol. The summed E-state index contributed by atoms with van der Waals surface area (Å²) in [7, 11) is 1.69. The highest BCUT2D eigenvalue weighted by Crippen LogP contribution is 2.27. The Morgan fingerprint density at radius 1 is 1.11 bits per heavy atom. The van der Waals surface area contributed by atoms with Crippen molar-refractivity contribution in [2.24, 2.45) is 10.7 Å². The first kappa shape index (κ1) is 19.2. The van der Waals surface area contributed by atoms with E-state index in [0.29, 0.717) is 12.5 Å². The van der Waals surface area contributed by atoms with Gasteiger partial charge in [0, 0.05) is 5.69 Å². The summed E-state index contributed by atoms with van der Waals surface area (Å²) in [6, 6.07) is 16.8. The van der Waals surface area contributed by atoms with Gasteiger partial charge < -0.3 is 15.8 Å². The highest BCUT2D eigenvalue weighted by molar-refractivity contribution is 5.92. The van der Waals surface area contributed by atoms with E-state index in [2.05, 4.69) is 46.4 Å². The molecule has 5 nitrogen and oxygen atoms in total. The third-order valence-corrected chi connectivity index (χ3v) is 5.15. The SMILES string of the molecule is CCc1ccc(NC(N)=NCC(c2ccc(OC)cc2)N2CCCC2)cc1. The zero-order chi connectivity index (χ0) is 19.1. The number of aryl methyl sites for hydroxylation is 1.